The summed E-state index contributed by atoms with van der Waals surface area (Å²) in [5.74, 6) is 2.03. The summed E-state index contributed by atoms with van der Waals surface area (Å²) >= 11 is 0. The van der Waals surface area contributed by atoms with Crippen LogP contribution in [0.2, 0.25) is 0 Å². The van der Waals surface area contributed by atoms with Gasteiger partial charge in [-0.3, -0.25) is 4.79 Å². The van der Waals surface area contributed by atoms with Gasteiger partial charge in [0.25, 0.3) is 0 Å². The van der Waals surface area contributed by atoms with E-state index in [1.165, 1.54) is 0 Å². The Kier molecular flexibility index (Phi) is 4.41. The van der Waals surface area contributed by atoms with Crippen LogP contribution in [0.4, 0.5) is 11.6 Å². The molecule has 1 saturated heterocycles. The zero-order valence-electron chi connectivity index (χ0n) is 13.3. The van der Waals surface area contributed by atoms with Gasteiger partial charge in [-0.25, -0.2) is 9.97 Å². The second-order valence-corrected chi connectivity index (χ2v) is 5.72. The van der Waals surface area contributed by atoms with E-state index in [9.17, 15) is 4.79 Å². The van der Waals surface area contributed by atoms with Gasteiger partial charge in [0.05, 0.1) is 13.0 Å². The fourth-order valence-electron chi connectivity index (χ4n) is 2.89. The summed E-state index contributed by atoms with van der Waals surface area (Å²) < 4.78 is 5.23. The number of nitrogens with one attached hydrogen (secondary N) is 1. The molecule has 1 fully saturated rings. The molecule has 1 aliphatic rings. The Morgan fingerprint density at radius 2 is 2.04 bits per heavy atom. The summed E-state index contributed by atoms with van der Waals surface area (Å²) in [4.78, 5) is 23.3. The molecule has 0 unspecified atom stereocenters. The number of hydrogen-bond donors (Lipinski definition) is 1. The first kappa shape index (κ1) is 15.3. The van der Waals surface area contributed by atoms with Crippen molar-refractivity contribution in [1.82, 2.24) is 9.97 Å². The van der Waals surface area contributed by atoms with Gasteiger partial charge < -0.3 is 15.0 Å². The van der Waals surface area contributed by atoms with E-state index in [2.05, 4.69) is 27.1 Å². The lowest BCUT2D eigenvalue weighted by Crippen LogP contribution is -2.29. The summed E-state index contributed by atoms with van der Waals surface area (Å²) in [5, 5.41) is 2.88. The van der Waals surface area contributed by atoms with Crippen molar-refractivity contribution in [2.45, 2.75) is 6.92 Å². The molecular formula is C17H20N4O2. The van der Waals surface area contributed by atoms with Crippen molar-refractivity contribution in [3.05, 3.63) is 42.7 Å². The van der Waals surface area contributed by atoms with Crippen molar-refractivity contribution in [1.29, 1.82) is 0 Å². The number of pyridine rings is 2. The number of hydrogen-bond acceptors (Lipinski definition) is 5. The Balaban J connectivity index is 1.70. The number of rotatable bonds is 4. The summed E-state index contributed by atoms with van der Waals surface area (Å²) in [6.45, 7) is 3.55. The lowest BCUT2D eigenvalue weighted by atomic mass is 9.97. The van der Waals surface area contributed by atoms with E-state index in [0.717, 1.165) is 12.4 Å². The first-order valence-corrected chi connectivity index (χ1v) is 7.65. The maximum atomic E-state index is 12.6. The molecule has 2 atom stereocenters. The van der Waals surface area contributed by atoms with E-state index in [0.29, 0.717) is 18.1 Å². The van der Waals surface area contributed by atoms with E-state index in [-0.39, 0.29) is 17.7 Å². The van der Waals surface area contributed by atoms with E-state index in [1.54, 1.807) is 31.6 Å². The van der Waals surface area contributed by atoms with Gasteiger partial charge in [0, 0.05) is 25.5 Å². The number of aromatic nitrogens is 2. The SMILES string of the molecule is COc1cccnc1NC(=O)[C@@H]1CN(c2ccccn2)C[C@H]1C. The predicted octanol–water partition coefficient (Wildman–Crippen LogP) is 2.20. The first-order valence-electron chi connectivity index (χ1n) is 7.65. The van der Waals surface area contributed by atoms with Gasteiger partial charge >= 0.3 is 0 Å². The zero-order valence-corrected chi connectivity index (χ0v) is 13.3. The molecule has 0 bridgehead atoms. The highest BCUT2D eigenvalue weighted by Gasteiger charge is 2.35. The molecule has 0 saturated carbocycles. The van der Waals surface area contributed by atoms with Gasteiger partial charge in [-0.2, -0.15) is 0 Å². The van der Waals surface area contributed by atoms with Crippen LogP contribution in [0.15, 0.2) is 42.7 Å². The number of amides is 1. The molecule has 1 aliphatic heterocycles. The van der Waals surface area contributed by atoms with Crippen LogP contribution >= 0.6 is 0 Å². The predicted molar refractivity (Wildman–Crippen MR) is 88.5 cm³/mol. The van der Waals surface area contributed by atoms with Gasteiger partial charge in [0.2, 0.25) is 5.91 Å². The highest BCUT2D eigenvalue weighted by atomic mass is 16.5. The molecule has 0 spiro atoms. The molecular weight excluding hydrogens is 292 g/mol. The summed E-state index contributed by atoms with van der Waals surface area (Å²) in [7, 11) is 1.56. The minimum atomic E-state index is -0.108. The van der Waals surface area contributed by atoms with Crippen LogP contribution in [-0.4, -0.2) is 36.1 Å². The fourth-order valence-corrected chi connectivity index (χ4v) is 2.89. The van der Waals surface area contributed by atoms with Crippen LogP contribution in [0.1, 0.15) is 6.92 Å². The number of carbonyl (C=O) groups excluding carboxylic acids is 1. The van der Waals surface area contributed by atoms with Crippen LogP contribution in [0, 0.1) is 11.8 Å². The quantitative estimate of drug-likeness (QED) is 0.937. The summed E-state index contributed by atoms with van der Waals surface area (Å²) in [6.07, 6.45) is 3.41. The molecule has 2 aromatic heterocycles. The summed E-state index contributed by atoms with van der Waals surface area (Å²) in [6, 6.07) is 9.37. The third-order valence-corrected chi connectivity index (χ3v) is 4.15. The Morgan fingerprint density at radius 3 is 2.78 bits per heavy atom. The molecule has 1 N–H and O–H groups in total. The standard InChI is InChI=1S/C17H20N4O2/c1-12-10-21(15-7-3-4-8-18-15)11-13(12)17(22)20-16-14(23-2)6-5-9-19-16/h3-9,12-13H,10-11H2,1-2H3,(H,19,20,22)/t12-,13-/m1/s1. The minimum absolute atomic E-state index is 0.0343. The number of methoxy groups -OCH3 is 1. The van der Waals surface area contributed by atoms with E-state index in [4.69, 9.17) is 4.74 Å². The molecule has 0 aliphatic carbocycles. The van der Waals surface area contributed by atoms with Crippen molar-refractivity contribution < 1.29 is 9.53 Å². The average Bonchev–Trinajstić information content (AvgIpc) is 2.98. The van der Waals surface area contributed by atoms with E-state index in [1.807, 2.05) is 18.2 Å². The highest BCUT2D eigenvalue weighted by molar-refractivity contribution is 5.93. The third-order valence-electron chi connectivity index (χ3n) is 4.15. The first-order chi connectivity index (χ1) is 11.2. The zero-order chi connectivity index (χ0) is 16.2. The Bertz CT molecular complexity index is 677. The van der Waals surface area contributed by atoms with Crippen LogP contribution in [0.25, 0.3) is 0 Å². The molecule has 2 aromatic rings. The van der Waals surface area contributed by atoms with Gasteiger partial charge in [0.15, 0.2) is 11.6 Å². The number of ether oxygens (including phenoxy) is 1. The van der Waals surface area contributed by atoms with Gasteiger partial charge in [-0.05, 0) is 30.2 Å². The molecule has 0 radical (unpaired) electrons. The number of anilines is 2. The van der Waals surface area contributed by atoms with Crippen molar-refractivity contribution in [3.63, 3.8) is 0 Å². The monoisotopic (exact) mass is 312 g/mol. The average molecular weight is 312 g/mol. The molecule has 120 valence electrons. The molecule has 0 aromatic carbocycles. The number of carbonyl (C=O) groups is 1. The maximum Gasteiger partial charge on any atom is 0.230 e. The fraction of sp³-hybridized carbons (Fsp3) is 0.353. The second kappa shape index (κ2) is 6.64. The van der Waals surface area contributed by atoms with Crippen LogP contribution in [0.5, 0.6) is 5.75 Å². The Hall–Kier alpha value is -2.63. The van der Waals surface area contributed by atoms with Crippen molar-refractivity contribution in [2.24, 2.45) is 11.8 Å². The smallest absolute Gasteiger partial charge is 0.230 e. The van der Waals surface area contributed by atoms with Crippen LogP contribution < -0.4 is 15.0 Å². The lowest BCUT2D eigenvalue weighted by molar-refractivity contribution is -0.120. The number of nitrogens with zero attached hydrogens (tertiary/aromatic N) is 3. The second-order valence-electron chi connectivity index (χ2n) is 5.72. The van der Waals surface area contributed by atoms with Crippen molar-refractivity contribution >= 4 is 17.5 Å². The van der Waals surface area contributed by atoms with E-state index >= 15 is 0 Å². The van der Waals surface area contributed by atoms with Crippen LogP contribution in [-0.2, 0) is 4.79 Å². The molecule has 3 rings (SSSR count). The largest absolute Gasteiger partial charge is 0.493 e. The maximum absolute atomic E-state index is 12.6. The molecule has 23 heavy (non-hydrogen) atoms. The van der Waals surface area contributed by atoms with E-state index < -0.39 is 0 Å². The molecule has 3 heterocycles. The van der Waals surface area contributed by atoms with Crippen molar-refractivity contribution in [2.75, 3.05) is 30.4 Å². The normalized spacial score (nSPS) is 20.3. The molecule has 6 heteroatoms. The topological polar surface area (TPSA) is 67.3 Å². The molecule has 6 nitrogen and oxygen atoms in total. The Morgan fingerprint density at radius 1 is 1.22 bits per heavy atom. The van der Waals surface area contributed by atoms with Crippen molar-refractivity contribution in [3.8, 4) is 5.75 Å². The van der Waals surface area contributed by atoms with Gasteiger partial charge in [-0.15, -0.1) is 0 Å². The Labute approximate surface area is 135 Å². The highest BCUT2D eigenvalue weighted by Crippen LogP contribution is 2.29. The third kappa shape index (κ3) is 3.26. The molecule has 1 amide bonds. The van der Waals surface area contributed by atoms with Crippen LogP contribution in [0.3, 0.4) is 0 Å². The summed E-state index contributed by atoms with van der Waals surface area (Å²) in [5.41, 5.74) is 0. The lowest BCUT2D eigenvalue weighted by Gasteiger charge is -2.17. The van der Waals surface area contributed by atoms with Gasteiger partial charge in [0.1, 0.15) is 5.82 Å². The van der Waals surface area contributed by atoms with Gasteiger partial charge in [-0.1, -0.05) is 13.0 Å². The minimum Gasteiger partial charge on any atom is -0.493 e.